The van der Waals surface area contributed by atoms with Crippen molar-refractivity contribution in [1.82, 2.24) is 0 Å². The Morgan fingerprint density at radius 2 is 0.907 bits per heavy atom. The predicted molar refractivity (Wildman–Crippen MR) is 298 cm³/mol. The summed E-state index contributed by atoms with van der Waals surface area (Å²) in [6.07, 6.45) is -1.22. The lowest BCUT2D eigenvalue weighted by atomic mass is 10.0. The van der Waals surface area contributed by atoms with Gasteiger partial charge in [0.25, 0.3) is 11.8 Å². The van der Waals surface area contributed by atoms with Crippen molar-refractivity contribution in [3.63, 3.8) is 0 Å². The Morgan fingerprint density at radius 1 is 0.493 bits per heavy atom. The predicted octanol–water partition coefficient (Wildman–Crippen LogP) is 14.4. The van der Waals surface area contributed by atoms with Gasteiger partial charge in [0.1, 0.15) is 42.2 Å². The average molecular weight is 1300 g/mol. The largest absolute Gasteiger partial charge is 0.508 e. The van der Waals surface area contributed by atoms with Crippen molar-refractivity contribution in [2.24, 2.45) is 0 Å². The van der Waals surface area contributed by atoms with Gasteiger partial charge in [-0.1, -0.05) is 71.7 Å². The van der Waals surface area contributed by atoms with Crippen LogP contribution < -0.4 is 19.3 Å². The molecule has 19 heteroatoms. The van der Waals surface area contributed by atoms with E-state index in [0.29, 0.717) is 33.5 Å². The second-order valence-electron chi connectivity index (χ2n) is 16.2. The number of halogens is 6. The normalized spacial score (nSPS) is 11.3. The van der Waals surface area contributed by atoms with E-state index in [1.807, 2.05) is 0 Å². The van der Waals surface area contributed by atoms with E-state index in [4.69, 9.17) is 37.4 Å². The van der Waals surface area contributed by atoms with Gasteiger partial charge in [0.2, 0.25) is 0 Å². The molecule has 8 rings (SSSR count). The molecule has 0 heterocycles. The standard InChI is InChI=1S/C56H36Br4Cl2N2O11/c57-43-23-37(24-44(58)53(43)73-39-19-21-47(65)41(27-39)51(69)31-11-15-35(61)16-12-31)63(55(71)33-7-3-1-4-8-33)29-49(67)75-50(68)30-64(56(72)34-9-5-2-6-10-34)38-25-45(59)54(46(60)26-38)74-40-20-22-48(66)42(28-40)52(70)32-13-17-36(62)18-14-32/h1-28,51,65-66,69H,29-30H2. The van der Waals surface area contributed by atoms with Crippen LogP contribution in [0.1, 0.15) is 53.9 Å². The summed E-state index contributed by atoms with van der Waals surface area (Å²) in [7, 11) is 0. The lowest BCUT2D eigenvalue weighted by molar-refractivity contribution is -0.157. The van der Waals surface area contributed by atoms with Crippen LogP contribution in [0, 0.1) is 0 Å². The molecule has 0 spiro atoms. The minimum atomic E-state index is -1.22. The molecule has 0 saturated heterocycles. The zero-order valence-electron chi connectivity index (χ0n) is 38.4. The van der Waals surface area contributed by atoms with Crippen molar-refractivity contribution in [3.8, 4) is 34.5 Å². The summed E-state index contributed by atoms with van der Waals surface area (Å²) in [6.45, 7) is -1.53. The number of benzene rings is 8. The summed E-state index contributed by atoms with van der Waals surface area (Å²) in [6, 6.07) is 43.5. The van der Waals surface area contributed by atoms with E-state index >= 15 is 0 Å². The number of hydrogen-bond donors (Lipinski definition) is 3. The Bertz CT molecular complexity index is 3440. The smallest absolute Gasteiger partial charge is 0.333 e. The third-order valence-electron chi connectivity index (χ3n) is 11.2. The molecule has 0 fully saturated rings. The molecular formula is C56H36Br4Cl2N2O11. The number of amides is 2. The number of carbonyl (C=O) groups excluding carboxylic acids is 5. The number of nitrogens with zero attached hydrogens (tertiary/aromatic N) is 2. The molecule has 378 valence electrons. The minimum absolute atomic E-state index is 0.0298. The van der Waals surface area contributed by atoms with Crippen LogP contribution in [0.4, 0.5) is 11.4 Å². The highest BCUT2D eigenvalue weighted by atomic mass is 79.9. The lowest BCUT2D eigenvalue weighted by Gasteiger charge is -2.25. The van der Waals surface area contributed by atoms with E-state index in [1.165, 1.54) is 72.8 Å². The molecule has 2 amide bonds. The first-order valence-electron chi connectivity index (χ1n) is 22.1. The molecule has 0 aliphatic carbocycles. The maximum atomic E-state index is 14.2. The number of rotatable bonds is 16. The fraction of sp³-hybridized carbons (Fsp3) is 0.0536. The van der Waals surface area contributed by atoms with Gasteiger partial charge in [-0.15, -0.1) is 0 Å². The Hall–Kier alpha value is -6.83. The summed E-state index contributed by atoms with van der Waals surface area (Å²) in [5.74, 6) is -3.58. The molecule has 0 aliphatic heterocycles. The van der Waals surface area contributed by atoms with Gasteiger partial charge in [-0.25, -0.2) is 9.59 Å². The molecule has 3 N–H and O–H groups in total. The molecule has 8 aromatic carbocycles. The Morgan fingerprint density at radius 3 is 1.36 bits per heavy atom. The SMILES string of the molecule is O=C(CN(C(=O)c1ccccc1)c1cc(Br)c(Oc2ccc(O)c(C(=O)c3ccc(Cl)cc3)c2)c(Br)c1)OC(=O)CN(C(=O)c1ccccc1)c1cc(Br)c(Oc2ccc(O)c(C(O)c3ccc(Cl)cc3)c2)c(Br)c1. The van der Waals surface area contributed by atoms with E-state index in [0.717, 1.165) is 9.80 Å². The van der Waals surface area contributed by atoms with Crippen LogP contribution in [0.25, 0.3) is 0 Å². The second kappa shape index (κ2) is 24.2. The van der Waals surface area contributed by atoms with Crippen LogP contribution >= 0.6 is 86.9 Å². The van der Waals surface area contributed by atoms with Crippen molar-refractivity contribution in [2.45, 2.75) is 6.10 Å². The molecular weight excluding hydrogens is 1270 g/mol. The zero-order chi connectivity index (χ0) is 53.5. The Kier molecular flexibility index (Phi) is 17.6. The van der Waals surface area contributed by atoms with Crippen LogP contribution in [0.3, 0.4) is 0 Å². The molecule has 0 radical (unpaired) electrons. The van der Waals surface area contributed by atoms with Gasteiger partial charge in [0.05, 0.1) is 23.5 Å². The van der Waals surface area contributed by atoms with E-state index in [-0.39, 0.29) is 73.7 Å². The lowest BCUT2D eigenvalue weighted by Crippen LogP contribution is -2.40. The monoisotopic (exact) mass is 1300 g/mol. The molecule has 0 aromatic heterocycles. The van der Waals surface area contributed by atoms with E-state index in [1.54, 1.807) is 97.1 Å². The van der Waals surface area contributed by atoms with Gasteiger partial charge in [-0.05, 0) is 191 Å². The zero-order valence-corrected chi connectivity index (χ0v) is 46.3. The third-order valence-corrected chi connectivity index (χ3v) is 14.0. The van der Waals surface area contributed by atoms with Crippen molar-refractivity contribution >= 4 is 128 Å². The minimum Gasteiger partial charge on any atom is -0.508 e. The van der Waals surface area contributed by atoms with E-state index in [2.05, 4.69) is 63.7 Å². The van der Waals surface area contributed by atoms with Crippen molar-refractivity contribution < 1.29 is 53.5 Å². The maximum Gasteiger partial charge on any atom is 0.333 e. The Labute approximate surface area is 472 Å². The van der Waals surface area contributed by atoms with Crippen molar-refractivity contribution in [2.75, 3.05) is 22.9 Å². The number of phenolic OH excluding ortho intramolecular Hbond substituents is 2. The maximum absolute atomic E-state index is 14.2. The first kappa shape index (κ1) is 54.4. The first-order valence-corrected chi connectivity index (χ1v) is 26.1. The van der Waals surface area contributed by atoms with Crippen LogP contribution in [0.5, 0.6) is 34.5 Å². The number of ketones is 1. The topological polar surface area (TPSA) is 180 Å². The average Bonchev–Trinajstić information content (AvgIpc) is 3.40. The van der Waals surface area contributed by atoms with Gasteiger partial charge in [-0.2, -0.15) is 0 Å². The van der Waals surface area contributed by atoms with Crippen LogP contribution in [0.15, 0.2) is 188 Å². The van der Waals surface area contributed by atoms with Gasteiger partial charge in [-0.3, -0.25) is 24.2 Å². The number of hydrogen-bond acceptors (Lipinski definition) is 11. The molecule has 1 atom stereocenters. The molecule has 1 unspecified atom stereocenters. The van der Waals surface area contributed by atoms with Crippen LogP contribution in [-0.4, -0.2) is 57.9 Å². The third kappa shape index (κ3) is 13.2. The molecule has 13 nitrogen and oxygen atoms in total. The highest BCUT2D eigenvalue weighted by Gasteiger charge is 2.29. The number of ether oxygens (including phenoxy) is 3. The van der Waals surface area contributed by atoms with E-state index < -0.39 is 48.7 Å². The van der Waals surface area contributed by atoms with Crippen molar-refractivity contribution in [3.05, 3.63) is 231 Å². The highest BCUT2D eigenvalue weighted by molar-refractivity contribution is 9.11. The number of aromatic hydroxyl groups is 2. The summed E-state index contributed by atoms with van der Waals surface area (Å²) in [5, 5.41) is 33.3. The number of aliphatic hydroxyl groups excluding tert-OH is 1. The molecule has 75 heavy (non-hydrogen) atoms. The summed E-state index contributed by atoms with van der Waals surface area (Å²) in [5.41, 5.74) is 1.66. The van der Waals surface area contributed by atoms with Crippen LogP contribution in [-0.2, 0) is 14.3 Å². The van der Waals surface area contributed by atoms with Gasteiger partial charge >= 0.3 is 11.9 Å². The van der Waals surface area contributed by atoms with Crippen LogP contribution in [0.2, 0.25) is 10.0 Å². The fourth-order valence-corrected chi connectivity index (χ4v) is 10.4. The quantitative estimate of drug-likeness (QED) is 0.0476. The first-order chi connectivity index (χ1) is 35.9. The molecule has 0 bridgehead atoms. The summed E-state index contributed by atoms with van der Waals surface area (Å²) in [4.78, 5) is 71.6. The number of esters is 2. The number of aliphatic hydroxyl groups is 1. The van der Waals surface area contributed by atoms with Gasteiger partial charge < -0.3 is 29.5 Å². The molecule has 0 aliphatic rings. The highest BCUT2D eigenvalue weighted by Crippen LogP contribution is 2.44. The van der Waals surface area contributed by atoms with Gasteiger partial charge in [0.15, 0.2) is 17.3 Å². The van der Waals surface area contributed by atoms with Crippen molar-refractivity contribution in [1.29, 1.82) is 0 Å². The Balaban J connectivity index is 1.02. The number of phenols is 2. The molecule has 0 saturated carbocycles. The number of carbonyl (C=O) groups is 5. The van der Waals surface area contributed by atoms with E-state index in [9.17, 15) is 39.3 Å². The summed E-state index contributed by atoms with van der Waals surface area (Å²) >= 11 is 26.1. The molecule has 8 aromatic rings. The van der Waals surface area contributed by atoms with Gasteiger partial charge in [0, 0.05) is 43.7 Å². The number of anilines is 2. The fourth-order valence-electron chi connectivity index (χ4n) is 7.48. The summed E-state index contributed by atoms with van der Waals surface area (Å²) < 4.78 is 19.0. The second-order valence-corrected chi connectivity index (χ2v) is 20.5.